The molecule has 0 saturated carbocycles. The quantitative estimate of drug-likeness (QED) is 0.796. The van der Waals surface area contributed by atoms with Crippen LogP contribution in [0.2, 0.25) is 5.02 Å². The molecule has 0 aliphatic carbocycles. The van der Waals surface area contributed by atoms with Crippen LogP contribution in [-0.4, -0.2) is 23.7 Å². The molecule has 0 unspecified atom stereocenters. The predicted octanol–water partition coefficient (Wildman–Crippen LogP) is 3.19. The number of rotatable bonds is 2. The van der Waals surface area contributed by atoms with E-state index in [0.717, 1.165) is 5.56 Å². The summed E-state index contributed by atoms with van der Waals surface area (Å²) in [5.74, 6) is 0.945. The van der Waals surface area contributed by atoms with E-state index in [1.54, 1.807) is 37.6 Å². The third-order valence-corrected chi connectivity index (χ3v) is 3.33. The van der Waals surface area contributed by atoms with Crippen LogP contribution in [0.1, 0.15) is 11.3 Å². The van der Waals surface area contributed by atoms with Crippen molar-refractivity contribution >= 4 is 29.4 Å². The summed E-state index contributed by atoms with van der Waals surface area (Å²) in [6, 6.07) is 10.8. The Hall–Kier alpha value is -2.33. The second-order valence-electron chi connectivity index (χ2n) is 4.32. The number of halogens is 1. The van der Waals surface area contributed by atoms with E-state index in [0.29, 0.717) is 22.3 Å². The number of amides is 1. The molecule has 3 rings (SSSR count). The number of furan rings is 1. The Labute approximate surface area is 121 Å². The maximum atomic E-state index is 12.2. The van der Waals surface area contributed by atoms with Crippen LogP contribution in [0, 0.1) is 0 Å². The van der Waals surface area contributed by atoms with Crippen LogP contribution in [0.15, 0.2) is 57.8 Å². The molecule has 0 spiro atoms. The largest absolute Gasteiger partial charge is 0.465 e. The highest BCUT2D eigenvalue weighted by atomic mass is 35.5. The van der Waals surface area contributed by atoms with Gasteiger partial charge in [0.1, 0.15) is 17.3 Å². The number of aliphatic imine (C=N–C) groups is 1. The van der Waals surface area contributed by atoms with E-state index >= 15 is 0 Å². The van der Waals surface area contributed by atoms with Crippen molar-refractivity contribution < 1.29 is 9.21 Å². The lowest BCUT2D eigenvalue weighted by molar-refractivity contribution is -0.121. The Morgan fingerprint density at radius 3 is 2.75 bits per heavy atom. The third-order valence-electron chi connectivity index (χ3n) is 3.00. The highest BCUT2D eigenvalue weighted by molar-refractivity contribution is 6.35. The summed E-state index contributed by atoms with van der Waals surface area (Å²) in [4.78, 5) is 18.0. The minimum absolute atomic E-state index is 0.184. The van der Waals surface area contributed by atoms with Crippen LogP contribution in [0.3, 0.4) is 0 Å². The number of likely N-dealkylation sites (N-methyl/N-ethyl adjacent to an activating group) is 1. The van der Waals surface area contributed by atoms with Gasteiger partial charge in [-0.1, -0.05) is 23.7 Å². The van der Waals surface area contributed by atoms with Crippen LogP contribution in [0.25, 0.3) is 6.08 Å². The van der Waals surface area contributed by atoms with Crippen molar-refractivity contribution in [2.45, 2.75) is 0 Å². The number of hydrogen-bond donors (Lipinski definition) is 0. The minimum Gasteiger partial charge on any atom is -0.465 e. The normalized spacial score (nSPS) is 16.9. The topological polar surface area (TPSA) is 45.8 Å². The molecule has 0 atom stereocenters. The van der Waals surface area contributed by atoms with Gasteiger partial charge in [-0.2, -0.15) is 0 Å². The van der Waals surface area contributed by atoms with Gasteiger partial charge in [0.15, 0.2) is 0 Å². The highest BCUT2D eigenvalue weighted by Gasteiger charge is 2.29. The molecule has 0 radical (unpaired) electrons. The van der Waals surface area contributed by atoms with Gasteiger partial charge in [-0.25, -0.2) is 4.99 Å². The Bertz CT molecular complexity index is 717. The fourth-order valence-electron chi connectivity index (χ4n) is 1.99. The number of nitrogens with zero attached hydrogens (tertiary/aromatic N) is 2. The first-order chi connectivity index (χ1) is 9.66. The standard InChI is InChI=1S/C15H11ClN2O2/c1-18-14(11-6-2-3-7-12(11)16)17-13(15(18)19)9-10-5-4-8-20-10/h2-9H,1H3/b13-9+. The minimum atomic E-state index is -0.184. The van der Waals surface area contributed by atoms with E-state index < -0.39 is 0 Å². The zero-order valence-electron chi connectivity index (χ0n) is 10.7. The summed E-state index contributed by atoms with van der Waals surface area (Å²) in [7, 11) is 1.67. The molecule has 0 N–H and O–H groups in total. The van der Waals surface area contributed by atoms with Gasteiger partial charge in [0.2, 0.25) is 0 Å². The molecule has 1 aromatic heterocycles. The van der Waals surface area contributed by atoms with Crippen LogP contribution >= 0.6 is 11.6 Å². The van der Waals surface area contributed by atoms with Crippen molar-refractivity contribution in [3.63, 3.8) is 0 Å². The summed E-state index contributed by atoms with van der Waals surface area (Å²) < 4.78 is 5.20. The number of carbonyl (C=O) groups excluding carboxylic acids is 1. The molecular weight excluding hydrogens is 276 g/mol. The monoisotopic (exact) mass is 286 g/mol. The van der Waals surface area contributed by atoms with E-state index in [4.69, 9.17) is 16.0 Å². The van der Waals surface area contributed by atoms with Crippen molar-refractivity contribution in [2.24, 2.45) is 4.99 Å². The van der Waals surface area contributed by atoms with Gasteiger partial charge in [0.25, 0.3) is 5.91 Å². The Morgan fingerprint density at radius 1 is 1.25 bits per heavy atom. The lowest BCUT2D eigenvalue weighted by Gasteiger charge is -2.12. The summed E-state index contributed by atoms with van der Waals surface area (Å²) in [5, 5.41) is 0.560. The zero-order chi connectivity index (χ0) is 14.1. The number of benzene rings is 1. The van der Waals surface area contributed by atoms with E-state index in [9.17, 15) is 4.79 Å². The molecule has 1 amide bonds. The first-order valence-electron chi connectivity index (χ1n) is 6.03. The molecule has 1 aliphatic heterocycles. The first-order valence-corrected chi connectivity index (χ1v) is 6.41. The smallest absolute Gasteiger partial charge is 0.278 e. The van der Waals surface area contributed by atoms with E-state index in [1.165, 1.54) is 4.90 Å². The van der Waals surface area contributed by atoms with Gasteiger partial charge in [-0.15, -0.1) is 0 Å². The number of carbonyl (C=O) groups is 1. The molecule has 4 nitrogen and oxygen atoms in total. The maximum absolute atomic E-state index is 12.2. The SMILES string of the molecule is CN1C(=O)/C(=C\c2ccco2)N=C1c1ccccc1Cl. The average molecular weight is 287 g/mol. The molecule has 2 aromatic rings. The van der Waals surface area contributed by atoms with Gasteiger partial charge in [0, 0.05) is 18.7 Å². The summed E-state index contributed by atoms with van der Waals surface area (Å²) in [6.07, 6.45) is 3.16. The summed E-state index contributed by atoms with van der Waals surface area (Å²) in [6.45, 7) is 0. The lowest BCUT2D eigenvalue weighted by atomic mass is 10.2. The van der Waals surface area contributed by atoms with Gasteiger partial charge >= 0.3 is 0 Å². The van der Waals surface area contributed by atoms with Gasteiger partial charge < -0.3 is 4.42 Å². The van der Waals surface area contributed by atoms with E-state index in [-0.39, 0.29) is 5.91 Å². The molecule has 0 fully saturated rings. The Kier molecular flexibility index (Phi) is 3.16. The van der Waals surface area contributed by atoms with Gasteiger partial charge in [-0.3, -0.25) is 9.69 Å². The molecule has 20 heavy (non-hydrogen) atoms. The Balaban J connectivity index is 2.05. The van der Waals surface area contributed by atoms with Crippen molar-refractivity contribution in [1.29, 1.82) is 0 Å². The second kappa shape index (κ2) is 4.98. The molecular formula is C15H11ClN2O2. The van der Waals surface area contributed by atoms with E-state index in [1.807, 2.05) is 18.2 Å². The number of amidine groups is 1. The van der Waals surface area contributed by atoms with E-state index in [2.05, 4.69) is 4.99 Å². The first kappa shape index (κ1) is 12.7. The molecule has 0 saturated heterocycles. The fraction of sp³-hybridized carbons (Fsp3) is 0.0667. The summed E-state index contributed by atoms with van der Waals surface area (Å²) >= 11 is 6.15. The van der Waals surface area contributed by atoms with Crippen LogP contribution in [0.4, 0.5) is 0 Å². The van der Waals surface area contributed by atoms with Crippen molar-refractivity contribution in [1.82, 2.24) is 4.90 Å². The zero-order valence-corrected chi connectivity index (χ0v) is 11.5. The van der Waals surface area contributed by atoms with Crippen LogP contribution < -0.4 is 0 Å². The summed E-state index contributed by atoms with van der Waals surface area (Å²) in [5.41, 5.74) is 1.06. The highest BCUT2D eigenvalue weighted by Crippen LogP contribution is 2.24. The number of hydrogen-bond acceptors (Lipinski definition) is 3. The molecule has 100 valence electrons. The molecule has 1 aliphatic rings. The average Bonchev–Trinajstić information content (AvgIpc) is 3.04. The van der Waals surface area contributed by atoms with Gasteiger partial charge in [-0.05, 0) is 24.3 Å². The second-order valence-corrected chi connectivity index (χ2v) is 4.73. The predicted molar refractivity (Wildman–Crippen MR) is 77.4 cm³/mol. The van der Waals surface area contributed by atoms with Crippen molar-refractivity contribution in [3.8, 4) is 0 Å². The van der Waals surface area contributed by atoms with Crippen LogP contribution in [0.5, 0.6) is 0 Å². The molecule has 0 bridgehead atoms. The third kappa shape index (κ3) is 2.14. The van der Waals surface area contributed by atoms with Crippen LogP contribution in [-0.2, 0) is 4.79 Å². The maximum Gasteiger partial charge on any atom is 0.278 e. The van der Waals surface area contributed by atoms with Gasteiger partial charge in [0.05, 0.1) is 11.3 Å². The lowest BCUT2D eigenvalue weighted by Crippen LogP contribution is -2.28. The Morgan fingerprint density at radius 2 is 2.05 bits per heavy atom. The molecule has 1 aromatic carbocycles. The van der Waals surface area contributed by atoms with Crippen molar-refractivity contribution in [2.75, 3.05) is 7.05 Å². The molecule has 5 heteroatoms. The van der Waals surface area contributed by atoms with Crippen molar-refractivity contribution in [3.05, 3.63) is 64.7 Å². The fourth-order valence-corrected chi connectivity index (χ4v) is 2.21. The molecule has 2 heterocycles.